The van der Waals surface area contributed by atoms with Crippen molar-refractivity contribution in [1.29, 1.82) is 0 Å². The Balaban J connectivity index is 1.71. The zero-order valence-corrected chi connectivity index (χ0v) is 15.5. The van der Waals surface area contributed by atoms with E-state index in [0.717, 1.165) is 17.6 Å². The highest BCUT2D eigenvalue weighted by atomic mass is 32.2. The standard InChI is InChI=1S/C20H22N2O3S/c1-2-16(17-7-4-3-5-8-17)15-20(23)21-18-9-11-19(12-10-18)22-13-6-14-26(22,24)25/h3-5,7-12,15H,2,6,13-14H2,1H3,(H,21,23)/b16-15+. The molecule has 6 heteroatoms. The topological polar surface area (TPSA) is 66.5 Å². The summed E-state index contributed by atoms with van der Waals surface area (Å²) >= 11 is 0. The van der Waals surface area contributed by atoms with Gasteiger partial charge in [-0.2, -0.15) is 0 Å². The summed E-state index contributed by atoms with van der Waals surface area (Å²) in [5.41, 5.74) is 3.26. The minimum Gasteiger partial charge on any atom is -0.323 e. The number of sulfonamides is 1. The molecule has 1 N–H and O–H groups in total. The summed E-state index contributed by atoms with van der Waals surface area (Å²) in [6.07, 6.45) is 3.00. The van der Waals surface area contributed by atoms with Crippen LogP contribution in [0.2, 0.25) is 0 Å². The molecule has 0 aliphatic carbocycles. The Morgan fingerprint density at radius 2 is 1.81 bits per heavy atom. The fourth-order valence-corrected chi connectivity index (χ4v) is 4.58. The molecule has 0 saturated carbocycles. The first-order chi connectivity index (χ1) is 12.5. The molecular weight excluding hydrogens is 348 g/mol. The molecule has 0 aromatic heterocycles. The lowest BCUT2D eigenvalue weighted by Crippen LogP contribution is -2.24. The van der Waals surface area contributed by atoms with E-state index in [9.17, 15) is 13.2 Å². The molecule has 26 heavy (non-hydrogen) atoms. The van der Waals surface area contributed by atoms with Crippen molar-refractivity contribution in [3.63, 3.8) is 0 Å². The van der Waals surface area contributed by atoms with Gasteiger partial charge in [-0.3, -0.25) is 9.10 Å². The quantitative estimate of drug-likeness (QED) is 0.817. The first-order valence-electron chi connectivity index (χ1n) is 8.67. The average Bonchev–Trinajstić information content (AvgIpc) is 3.00. The van der Waals surface area contributed by atoms with E-state index in [1.54, 1.807) is 30.3 Å². The van der Waals surface area contributed by atoms with Gasteiger partial charge in [0.25, 0.3) is 0 Å². The third-order valence-electron chi connectivity index (χ3n) is 4.35. The van der Waals surface area contributed by atoms with Crippen molar-refractivity contribution in [2.75, 3.05) is 21.9 Å². The minimum absolute atomic E-state index is 0.190. The van der Waals surface area contributed by atoms with Crippen molar-refractivity contribution >= 4 is 32.9 Å². The van der Waals surface area contributed by atoms with Crippen molar-refractivity contribution in [2.24, 2.45) is 0 Å². The van der Waals surface area contributed by atoms with E-state index in [1.807, 2.05) is 37.3 Å². The van der Waals surface area contributed by atoms with Crippen LogP contribution in [0.1, 0.15) is 25.3 Å². The first-order valence-corrected chi connectivity index (χ1v) is 10.3. The number of rotatable bonds is 5. The highest BCUT2D eigenvalue weighted by Gasteiger charge is 2.28. The van der Waals surface area contributed by atoms with Gasteiger partial charge in [-0.15, -0.1) is 0 Å². The summed E-state index contributed by atoms with van der Waals surface area (Å²) < 4.78 is 25.3. The van der Waals surface area contributed by atoms with E-state index in [-0.39, 0.29) is 11.7 Å². The Bertz CT molecular complexity index is 904. The summed E-state index contributed by atoms with van der Waals surface area (Å²) in [5.74, 6) is -0.0116. The molecule has 1 saturated heterocycles. The van der Waals surface area contributed by atoms with Gasteiger partial charge in [-0.1, -0.05) is 37.3 Å². The lowest BCUT2D eigenvalue weighted by molar-refractivity contribution is -0.111. The second-order valence-electron chi connectivity index (χ2n) is 6.17. The van der Waals surface area contributed by atoms with Crippen molar-refractivity contribution in [1.82, 2.24) is 0 Å². The van der Waals surface area contributed by atoms with Crippen molar-refractivity contribution in [3.8, 4) is 0 Å². The molecule has 1 amide bonds. The Morgan fingerprint density at radius 1 is 1.12 bits per heavy atom. The molecule has 1 aliphatic rings. The largest absolute Gasteiger partial charge is 0.323 e. The van der Waals surface area contributed by atoms with Gasteiger partial charge >= 0.3 is 0 Å². The Labute approximate surface area is 154 Å². The predicted octanol–water partition coefficient (Wildman–Crippen LogP) is 3.66. The summed E-state index contributed by atoms with van der Waals surface area (Å²) in [5, 5.41) is 2.83. The summed E-state index contributed by atoms with van der Waals surface area (Å²) in [6, 6.07) is 16.7. The number of nitrogens with one attached hydrogen (secondary N) is 1. The van der Waals surface area contributed by atoms with Crippen molar-refractivity contribution in [3.05, 3.63) is 66.2 Å². The average molecular weight is 370 g/mol. The molecule has 1 heterocycles. The van der Waals surface area contributed by atoms with E-state index in [1.165, 1.54) is 4.31 Å². The Hall–Kier alpha value is -2.60. The zero-order valence-electron chi connectivity index (χ0n) is 14.7. The number of allylic oxidation sites excluding steroid dienone is 1. The van der Waals surface area contributed by atoms with Crippen LogP contribution in [0.15, 0.2) is 60.7 Å². The molecule has 3 rings (SSSR count). The molecule has 0 bridgehead atoms. The number of hydrogen-bond donors (Lipinski definition) is 1. The highest BCUT2D eigenvalue weighted by Crippen LogP contribution is 2.25. The molecule has 2 aromatic rings. The van der Waals surface area contributed by atoms with Crippen molar-refractivity contribution in [2.45, 2.75) is 19.8 Å². The molecule has 0 radical (unpaired) electrons. The van der Waals surface area contributed by atoms with E-state index in [4.69, 9.17) is 0 Å². The Morgan fingerprint density at radius 3 is 2.38 bits per heavy atom. The minimum atomic E-state index is -3.19. The molecule has 2 aromatic carbocycles. The normalized spacial score (nSPS) is 16.5. The number of anilines is 2. The molecule has 5 nitrogen and oxygen atoms in total. The predicted molar refractivity (Wildman–Crippen MR) is 106 cm³/mol. The highest BCUT2D eigenvalue weighted by molar-refractivity contribution is 7.93. The van der Waals surface area contributed by atoms with E-state index < -0.39 is 10.0 Å². The van der Waals surface area contributed by atoms with E-state index >= 15 is 0 Å². The lowest BCUT2D eigenvalue weighted by Gasteiger charge is -2.17. The van der Waals surface area contributed by atoms with E-state index in [2.05, 4.69) is 5.32 Å². The maximum Gasteiger partial charge on any atom is 0.248 e. The fraction of sp³-hybridized carbons (Fsp3) is 0.250. The third kappa shape index (κ3) is 4.14. The number of hydrogen-bond acceptors (Lipinski definition) is 3. The second-order valence-corrected chi connectivity index (χ2v) is 8.18. The van der Waals surface area contributed by atoms with Gasteiger partial charge in [-0.25, -0.2) is 8.42 Å². The van der Waals surface area contributed by atoms with Gasteiger partial charge in [-0.05, 0) is 48.2 Å². The van der Waals surface area contributed by atoms with Crippen LogP contribution in [0.4, 0.5) is 11.4 Å². The lowest BCUT2D eigenvalue weighted by atomic mass is 10.0. The number of nitrogens with zero attached hydrogens (tertiary/aromatic N) is 1. The van der Waals surface area contributed by atoms with Gasteiger partial charge in [0.05, 0.1) is 11.4 Å². The van der Waals surface area contributed by atoms with Crippen LogP contribution in [0.25, 0.3) is 5.57 Å². The third-order valence-corrected chi connectivity index (χ3v) is 6.22. The summed E-state index contributed by atoms with van der Waals surface area (Å²) in [4.78, 5) is 12.3. The van der Waals surface area contributed by atoms with Gasteiger partial charge < -0.3 is 5.32 Å². The van der Waals surface area contributed by atoms with Gasteiger partial charge in [0.1, 0.15) is 0 Å². The maximum absolute atomic E-state index is 12.3. The maximum atomic E-state index is 12.3. The summed E-state index contributed by atoms with van der Waals surface area (Å²) in [6.45, 7) is 2.52. The molecule has 0 spiro atoms. The van der Waals surface area contributed by atoms with Gasteiger partial charge in [0.2, 0.25) is 15.9 Å². The number of carbonyl (C=O) groups excluding carboxylic acids is 1. The Kier molecular flexibility index (Phi) is 5.42. The number of carbonyl (C=O) groups is 1. The van der Waals surface area contributed by atoms with Crippen LogP contribution in [0, 0.1) is 0 Å². The zero-order chi connectivity index (χ0) is 18.6. The van der Waals surface area contributed by atoms with Crippen LogP contribution >= 0.6 is 0 Å². The molecule has 0 atom stereocenters. The molecule has 1 fully saturated rings. The van der Waals surface area contributed by atoms with Crippen LogP contribution in [-0.4, -0.2) is 26.6 Å². The number of amides is 1. The molecule has 136 valence electrons. The van der Waals surface area contributed by atoms with Crippen LogP contribution in [0.5, 0.6) is 0 Å². The van der Waals surface area contributed by atoms with Crippen LogP contribution in [-0.2, 0) is 14.8 Å². The second kappa shape index (κ2) is 7.74. The van der Waals surface area contributed by atoms with Crippen LogP contribution < -0.4 is 9.62 Å². The van der Waals surface area contributed by atoms with Gasteiger partial charge in [0, 0.05) is 18.3 Å². The molecule has 0 unspecified atom stereocenters. The number of benzene rings is 2. The monoisotopic (exact) mass is 370 g/mol. The van der Waals surface area contributed by atoms with E-state index in [0.29, 0.717) is 24.3 Å². The molecule has 1 aliphatic heterocycles. The fourth-order valence-electron chi connectivity index (χ4n) is 3.02. The van der Waals surface area contributed by atoms with Crippen molar-refractivity contribution < 1.29 is 13.2 Å². The van der Waals surface area contributed by atoms with Gasteiger partial charge in [0.15, 0.2) is 0 Å². The summed E-state index contributed by atoms with van der Waals surface area (Å²) in [7, 11) is -3.19. The SMILES string of the molecule is CC/C(=C\C(=O)Nc1ccc(N2CCCS2(=O)=O)cc1)c1ccccc1. The molecular formula is C20H22N2O3S. The van der Waals surface area contributed by atoms with Crippen LogP contribution in [0.3, 0.4) is 0 Å². The first kappa shape index (κ1) is 18.2. The smallest absolute Gasteiger partial charge is 0.248 e.